The molecule has 172 valence electrons. The lowest BCUT2D eigenvalue weighted by atomic mass is 9.81. The Morgan fingerprint density at radius 3 is 2.25 bits per heavy atom. The molecule has 2 aliphatic rings. The third-order valence-electron chi connectivity index (χ3n) is 6.83. The molecule has 0 bridgehead atoms. The predicted octanol–water partition coefficient (Wildman–Crippen LogP) is 2.07. The van der Waals surface area contributed by atoms with Crippen molar-refractivity contribution >= 4 is 21.7 Å². The number of aromatic nitrogens is 1. The zero-order valence-electron chi connectivity index (χ0n) is 18.8. The summed E-state index contributed by atoms with van der Waals surface area (Å²) in [6, 6.07) is 10.1. The average Bonchev–Trinajstić information content (AvgIpc) is 3.22. The highest BCUT2D eigenvalue weighted by Crippen LogP contribution is 2.41. The number of benzene rings is 1. The molecule has 0 aliphatic carbocycles. The van der Waals surface area contributed by atoms with E-state index in [9.17, 15) is 18.0 Å². The number of rotatable bonds is 5. The maximum absolute atomic E-state index is 13.1. The smallest absolute Gasteiger partial charge is 0.253 e. The number of amides is 1. The molecule has 3 heterocycles. The average molecular weight is 459 g/mol. The number of hydrogen-bond acceptors (Lipinski definition) is 5. The van der Waals surface area contributed by atoms with Gasteiger partial charge in [-0.1, -0.05) is 6.92 Å². The number of Topliss-reactive ketones (excluding diaryl/α,β-unsaturated/α-hetero) is 1. The molecule has 1 N–H and O–H groups in total. The first kappa shape index (κ1) is 22.7. The molecule has 1 aromatic carbocycles. The molecule has 0 atom stereocenters. The molecular formula is C23H30N4O4S. The summed E-state index contributed by atoms with van der Waals surface area (Å²) in [5.74, 6) is -0.0197. The zero-order chi connectivity index (χ0) is 23.1. The Hall–Kier alpha value is -2.49. The number of ketones is 1. The van der Waals surface area contributed by atoms with Gasteiger partial charge < -0.3 is 9.47 Å². The quantitative estimate of drug-likeness (QED) is 0.693. The van der Waals surface area contributed by atoms with Crippen LogP contribution in [0.2, 0.25) is 0 Å². The molecule has 32 heavy (non-hydrogen) atoms. The summed E-state index contributed by atoms with van der Waals surface area (Å²) < 4.78 is 28.9. The van der Waals surface area contributed by atoms with Gasteiger partial charge in [0.25, 0.3) is 5.91 Å². The number of carbonyl (C=O) groups excluding carboxylic acids is 2. The fraction of sp³-hybridized carbons (Fsp3) is 0.478. The van der Waals surface area contributed by atoms with E-state index in [4.69, 9.17) is 0 Å². The standard InChI is InChI=1S/C23H30N4O4S/c1-4-24-32(30,31)19-7-5-18(6-8-19)22(29)26-13-11-23(12-14-26)21-10-9-20(17(2)28)27(21)16-15-25(23)3/h5-10,24H,4,11-16H2,1-3H3. The van der Waals surface area contributed by atoms with Crippen LogP contribution in [-0.4, -0.2) is 67.7 Å². The SMILES string of the molecule is CCNS(=O)(=O)c1ccc(C(=O)N2CCC3(CC2)c2ccc(C(C)=O)n2CCN3C)cc1. The largest absolute Gasteiger partial charge is 0.339 e. The van der Waals surface area contributed by atoms with Crippen LogP contribution in [0, 0.1) is 0 Å². The topological polar surface area (TPSA) is 91.7 Å². The van der Waals surface area contributed by atoms with Gasteiger partial charge in [-0.3, -0.25) is 14.5 Å². The molecule has 8 nitrogen and oxygen atoms in total. The Morgan fingerprint density at radius 1 is 1.00 bits per heavy atom. The molecule has 1 fully saturated rings. The summed E-state index contributed by atoms with van der Waals surface area (Å²) in [5.41, 5.74) is 2.20. The second-order valence-electron chi connectivity index (χ2n) is 8.58. The van der Waals surface area contributed by atoms with Gasteiger partial charge in [0.05, 0.1) is 16.1 Å². The second kappa shape index (κ2) is 8.46. The normalized spacial score (nSPS) is 18.5. The first-order valence-electron chi connectivity index (χ1n) is 11.0. The van der Waals surface area contributed by atoms with E-state index in [1.54, 1.807) is 26.0 Å². The van der Waals surface area contributed by atoms with Crippen molar-refractivity contribution in [2.24, 2.45) is 0 Å². The van der Waals surface area contributed by atoms with Crippen molar-refractivity contribution in [3.05, 3.63) is 53.3 Å². The Balaban J connectivity index is 1.51. The molecule has 1 aromatic heterocycles. The number of nitrogens with one attached hydrogen (secondary N) is 1. The van der Waals surface area contributed by atoms with Crippen molar-refractivity contribution in [3.8, 4) is 0 Å². The fourth-order valence-electron chi connectivity index (χ4n) is 5.03. The molecule has 0 radical (unpaired) electrons. The minimum absolute atomic E-state index is 0.0724. The minimum atomic E-state index is -3.54. The van der Waals surface area contributed by atoms with Crippen LogP contribution in [0.15, 0.2) is 41.3 Å². The third kappa shape index (κ3) is 3.78. The van der Waals surface area contributed by atoms with Gasteiger partial charge in [-0.05, 0) is 56.3 Å². The minimum Gasteiger partial charge on any atom is -0.339 e. The highest BCUT2D eigenvalue weighted by Gasteiger charge is 2.45. The summed E-state index contributed by atoms with van der Waals surface area (Å²) in [4.78, 5) is 29.4. The molecule has 2 aliphatic heterocycles. The molecule has 2 aromatic rings. The van der Waals surface area contributed by atoms with Crippen molar-refractivity contribution in [3.63, 3.8) is 0 Å². The van der Waals surface area contributed by atoms with Gasteiger partial charge in [0, 0.05) is 50.9 Å². The first-order chi connectivity index (χ1) is 15.2. The molecular weight excluding hydrogens is 428 g/mol. The highest BCUT2D eigenvalue weighted by molar-refractivity contribution is 7.89. The van der Waals surface area contributed by atoms with E-state index in [-0.39, 0.29) is 22.1 Å². The van der Waals surface area contributed by atoms with Gasteiger partial charge in [0.2, 0.25) is 10.0 Å². The van der Waals surface area contributed by atoms with Crippen molar-refractivity contribution in [2.45, 2.75) is 43.7 Å². The summed E-state index contributed by atoms with van der Waals surface area (Å²) in [6.45, 7) is 6.48. The summed E-state index contributed by atoms with van der Waals surface area (Å²) in [6.07, 6.45) is 1.56. The van der Waals surface area contributed by atoms with Crippen LogP contribution in [-0.2, 0) is 22.1 Å². The molecule has 4 rings (SSSR count). The number of piperidine rings is 1. The molecule has 0 saturated carbocycles. The number of sulfonamides is 1. The van der Waals surface area contributed by atoms with Crippen LogP contribution in [0.25, 0.3) is 0 Å². The van der Waals surface area contributed by atoms with E-state index < -0.39 is 10.0 Å². The lowest BCUT2D eigenvalue weighted by Gasteiger charge is -2.50. The van der Waals surface area contributed by atoms with E-state index in [0.717, 1.165) is 37.3 Å². The van der Waals surface area contributed by atoms with E-state index in [2.05, 4.69) is 27.3 Å². The van der Waals surface area contributed by atoms with Crippen molar-refractivity contribution in [1.29, 1.82) is 0 Å². The molecule has 1 saturated heterocycles. The van der Waals surface area contributed by atoms with Gasteiger partial charge in [0.15, 0.2) is 5.78 Å². The Kier molecular flexibility index (Phi) is 6.00. The van der Waals surface area contributed by atoms with Crippen LogP contribution in [0.3, 0.4) is 0 Å². The Labute approximate surface area is 189 Å². The monoisotopic (exact) mass is 458 g/mol. The number of likely N-dealkylation sites (N-methyl/N-ethyl adjacent to an activating group) is 1. The number of fused-ring (bicyclic) bond motifs is 2. The van der Waals surface area contributed by atoms with Gasteiger partial charge in [0.1, 0.15) is 0 Å². The van der Waals surface area contributed by atoms with Crippen molar-refractivity contribution in [2.75, 3.05) is 33.2 Å². The van der Waals surface area contributed by atoms with Crippen LogP contribution in [0.1, 0.15) is 53.2 Å². The lowest BCUT2D eigenvalue weighted by molar-refractivity contribution is 0.0128. The van der Waals surface area contributed by atoms with Crippen LogP contribution < -0.4 is 4.72 Å². The zero-order valence-corrected chi connectivity index (χ0v) is 19.6. The number of carbonyl (C=O) groups is 2. The van der Waals surface area contributed by atoms with Crippen LogP contribution >= 0.6 is 0 Å². The van der Waals surface area contributed by atoms with E-state index in [1.807, 2.05) is 11.0 Å². The third-order valence-corrected chi connectivity index (χ3v) is 8.39. The van der Waals surface area contributed by atoms with Crippen LogP contribution in [0.5, 0.6) is 0 Å². The van der Waals surface area contributed by atoms with Gasteiger partial charge in [-0.15, -0.1) is 0 Å². The van der Waals surface area contributed by atoms with E-state index in [0.29, 0.717) is 25.2 Å². The number of hydrogen-bond donors (Lipinski definition) is 1. The summed E-state index contributed by atoms with van der Waals surface area (Å²) >= 11 is 0. The molecule has 9 heteroatoms. The Bertz CT molecular complexity index is 1130. The van der Waals surface area contributed by atoms with Gasteiger partial charge >= 0.3 is 0 Å². The maximum atomic E-state index is 13.1. The van der Waals surface area contributed by atoms with Crippen molar-refractivity contribution in [1.82, 2.24) is 19.1 Å². The van der Waals surface area contributed by atoms with Crippen molar-refractivity contribution < 1.29 is 18.0 Å². The second-order valence-corrected chi connectivity index (χ2v) is 10.3. The predicted molar refractivity (Wildman–Crippen MR) is 121 cm³/mol. The lowest BCUT2D eigenvalue weighted by Crippen LogP contribution is -2.56. The molecule has 1 spiro atoms. The van der Waals surface area contributed by atoms with Crippen LogP contribution in [0.4, 0.5) is 0 Å². The number of likely N-dealkylation sites (tertiary alicyclic amines) is 1. The maximum Gasteiger partial charge on any atom is 0.253 e. The molecule has 0 unspecified atom stereocenters. The highest BCUT2D eigenvalue weighted by atomic mass is 32.2. The summed E-state index contributed by atoms with van der Waals surface area (Å²) in [5, 5.41) is 0. The molecule has 1 amide bonds. The van der Waals surface area contributed by atoms with Gasteiger partial charge in [-0.2, -0.15) is 0 Å². The Morgan fingerprint density at radius 2 is 1.66 bits per heavy atom. The number of nitrogens with zero attached hydrogens (tertiary/aromatic N) is 3. The summed E-state index contributed by atoms with van der Waals surface area (Å²) in [7, 11) is -1.43. The van der Waals surface area contributed by atoms with E-state index >= 15 is 0 Å². The fourth-order valence-corrected chi connectivity index (χ4v) is 6.07. The van der Waals surface area contributed by atoms with E-state index in [1.165, 1.54) is 12.1 Å². The van der Waals surface area contributed by atoms with Gasteiger partial charge in [-0.25, -0.2) is 13.1 Å². The first-order valence-corrected chi connectivity index (χ1v) is 12.5.